The quantitative estimate of drug-likeness (QED) is 0.169. The van der Waals surface area contributed by atoms with Crippen LogP contribution in [-0.2, 0) is 0 Å². The van der Waals surface area contributed by atoms with Crippen LogP contribution in [0, 0.1) is 0 Å². The number of hydrogen-bond donors (Lipinski definition) is 1. The van der Waals surface area contributed by atoms with Gasteiger partial charge < -0.3 is 19.3 Å². The minimum absolute atomic E-state index is 0.0719. The van der Waals surface area contributed by atoms with Crippen molar-refractivity contribution >= 4 is 11.9 Å². The second-order valence-corrected chi connectivity index (χ2v) is 8.81. The number of fused-ring (bicyclic) bond motifs is 1. The molecule has 0 atom stereocenters. The molecule has 3 rings (SSSR count). The molecule has 0 aromatic heterocycles. The molecule has 0 fully saturated rings. The van der Waals surface area contributed by atoms with E-state index in [1.54, 1.807) is 18.2 Å². The Morgan fingerprint density at radius 3 is 2.26 bits per heavy atom. The molecule has 1 N–H and O–H groups in total. The topological polar surface area (TPSA) is 65.0 Å². The predicted octanol–water partition coefficient (Wildman–Crippen LogP) is 7.36. The Balaban J connectivity index is 1.37. The fraction of sp³-hybridized carbons (Fsp3) is 0.483. The largest absolute Gasteiger partial charge is 0.507 e. The maximum absolute atomic E-state index is 12.6. The Bertz CT molecular complexity index is 934. The molecule has 5 nitrogen and oxygen atoms in total. The van der Waals surface area contributed by atoms with Gasteiger partial charge in [0.15, 0.2) is 17.3 Å². The number of hydrogen-bond acceptors (Lipinski definition) is 5. The van der Waals surface area contributed by atoms with Gasteiger partial charge in [0.1, 0.15) is 24.7 Å². The lowest BCUT2D eigenvalue weighted by molar-refractivity contribution is 0.104. The lowest BCUT2D eigenvalue weighted by Crippen LogP contribution is -2.15. The first-order chi connectivity index (χ1) is 16.7. The average molecular weight is 467 g/mol. The Kier molecular flexibility index (Phi) is 10.8. The van der Waals surface area contributed by atoms with Crippen molar-refractivity contribution in [1.29, 1.82) is 0 Å². The molecule has 0 spiro atoms. The summed E-state index contributed by atoms with van der Waals surface area (Å²) in [5.74, 6) is 1.63. The zero-order chi connectivity index (χ0) is 24.0. The number of carbonyl (C=O) groups excluding carboxylic acids is 1. The number of aromatic hydroxyl groups is 1. The van der Waals surface area contributed by atoms with Gasteiger partial charge in [0.25, 0.3) is 0 Å². The summed E-state index contributed by atoms with van der Waals surface area (Å²) in [6, 6.07) is 10.4. The van der Waals surface area contributed by atoms with E-state index in [1.807, 2.05) is 18.2 Å². The third-order valence-electron chi connectivity index (χ3n) is 5.99. The molecule has 0 unspecified atom stereocenters. The maximum Gasteiger partial charge on any atom is 0.189 e. The van der Waals surface area contributed by atoms with Crippen LogP contribution in [-0.4, -0.2) is 30.7 Å². The van der Waals surface area contributed by atoms with Crippen LogP contribution in [0.25, 0.3) is 6.08 Å². The van der Waals surface area contributed by atoms with Crippen molar-refractivity contribution in [2.75, 3.05) is 19.8 Å². The minimum atomic E-state index is -0.270. The second-order valence-electron chi connectivity index (χ2n) is 8.81. The van der Waals surface area contributed by atoms with E-state index >= 15 is 0 Å². The first kappa shape index (κ1) is 25.7. The molecule has 2 aromatic rings. The minimum Gasteiger partial charge on any atom is -0.507 e. The van der Waals surface area contributed by atoms with Crippen molar-refractivity contribution < 1.29 is 24.1 Å². The average Bonchev–Trinajstić information content (AvgIpc) is 2.86. The van der Waals surface area contributed by atoms with Gasteiger partial charge in [-0.25, -0.2) is 0 Å². The number of carbonyl (C=O) groups is 1. The molecule has 0 radical (unpaired) electrons. The molecule has 0 amide bonds. The number of rotatable bonds is 15. The van der Waals surface area contributed by atoms with Crippen LogP contribution >= 0.6 is 0 Å². The Morgan fingerprint density at radius 2 is 1.56 bits per heavy atom. The Labute approximate surface area is 203 Å². The monoisotopic (exact) mass is 466 g/mol. The van der Waals surface area contributed by atoms with E-state index in [9.17, 15) is 9.90 Å². The molecular formula is C29H38O5. The SMILES string of the molecule is CCCCCCCCCCCCOc1ccc(C(=O)/C=C/c2ccc3c(c2)OCCO3)c(O)c1. The highest BCUT2D eigenvalue weighted by molar-refractivity contribution is 6.08. The van der Waals surface area contributed by atoms with Crippen molar-refractivity contribution in [3.05, 3.63) is 53.6 Å². The van der Waals surface area contributed by atoms with Crippen LogP contribution in [0.15, 0.2) is 42.5 Å². The molecule has 1 aliphatic heterocycles. The summed E-state index contributed by atoms with van der Waals surface area (Å²) in [6.45, 7) is 3.92. The number of ether oxygens (including phenoxy) is 3. The Hall–Kier alpha value is -2.95. The summed E-state index contributed by atoms with van der Waals surface area (Å²) in [4.78, 5) is 12.6. The molecule has 1 heterocycles. The maximum atomic E-state index is 12.6. The van der Waals surface area contributed by atoms with E-state index in [0.717, 1.165) is 18.4 Å². The summed E-state index contributed by atoms with van der Waals surface area (Å²) in [5, 5.41) is 10.3. The molecule has 0 aliphatic carbocycles. The van der Waals surface area contributed by atoms with Crippen LogP contribution in [0.5, 0.6) is 23.0 Å². The standard InChI is InChI=1S/C29H38O5/c1-2-3-4-5-6-7-8-9-10-11-18-32-24-14-15-25(27(31)22-24)26(30)16-12-23-13-17-28-29(21-23)34-20-19-33-28/h12-17,21-22,31H,2-11,18-20H2,1H3/b16-12+. The van der Waals surface area contributed by atoms with E-state index in [-0.39, 0.29) is 17.1 Å². The summed E-state index contributed by atoms with van der Waals surface area (Å²) in [7, 11) is 0. The van der Waals surface area contributed by atoms with Crippen LogP contribution in [0.4, 0.5) is 0 Å². The van der Waals surface area contributed by atoms with E-state index in [1.165, 1.54) is 63.5 Å². The van der Waals surface area contributed by atoms with Crippen molar-refractivity contribution in [1.82, 2.24) is 0 Å². The van der Waals surface area contributed by atoms with Crippen LogP contribution in [0.2, 0.25) is 0 Å². The third-order valence-corrected chi connectivity index (χ3v) is 5.99. The van der Waals surface area contributed by atoms with Gasteiger partial charge in [-0.15, -0.1) is 0 Å². The van der Waals surface area contributed by atoms with Gasteiger partial charge in [-0.2, -0.15) is 0 Å². The van der Waals surface area contributed by atoms with Crippen molar-refractivity contribution in [3.8, 4) is 23.0 Å². The zero-order valence-electron chi connectivity index (χ0n) is 20.4. The van der Waals surface area contributed by atoms with Gasteiger partial charge in [0.05, 0.1) is 12.2 Å². The molecule has 0 saturated carbocycles. The molecule has 1 aliphatic rings. The van der Waals surface area contributed by atoms with Crippen LogP contribution in [0.1, 0.15) is 87.1 Å². The third kappa shape index (κ3) is 8.44. The fourth-order valence-electron chi connectivity index (χ4n) is 4.01. The normalized spacial score (nSPS) is 12.7. The van der Waals surface area contributed by atoms with Crippen LogP contribution < -0.4 is 14.2 Å². The summed E-state index contributed by atoms with van der Waals surface area (Å²) in [6.07, 6.45) is 15.9. The highest BCUT2D eigenvalue weighted by atomic mass is 16.6. The van der Waals surface area contributed by atoms with Crippen molar-refractivity contribution in [2.45, 2.75) is 71.1 Å². The molecule has 5 heteroatoms. The van der Waals surface area contributed by atoms with Crippen molar-refractivity contribution in [2.24, 2.45) is 0 Å². The van der Waals surface area contributed by atoms with E-state index in [2.05, 4.69) is 6.92 Å². The smallest absolute Gasteiger partial charge is 0.189 e. The molecule has 0 bridgehead atoms. The second kappa shape index (κ2) is 14.3. The summed E-state index contributed by atoms with van der Waals surface area (Å²) >= 11 is 0. The molecule has 34 heavy (non-hydrogen) atoms. The highest BCUT2D eigenvalue weighted by Crippen LogP contribution is 2.31. The fourth-order valence-corrected chi connectivity index (χ4v) is 4.01. The molecular weight excluding hydrogens is 428 g/mol. The van der Waals surface area contributed by atoms with Crippen molar-refractivity contribution in [3.63, 3.8) is 0 Å². The number of phenolic OH excluding ortho intramolecular Hbond substituents is 1. The Morgan fingerprint density at radius 1 is 0.882 bits per heavy atom. The predicted molar refractivity (Wildman–Crippen MR) is 136 cm³/mol. The number of phenols is 1. The van der Waals surface area contributed by atoms with Gasteiger partial charge in [-0.05, 0) is 42.3 Å². The van der Waals surface area contributed by atoms with Gasteiger partial charge >= 0.3 is 0 Å². The summed E-state index contributed by atoms with van der Waals surface area (Å²) < 4.78 is 16.8. The molecule has 2 aromatic carbocycles. The van der Waals surface area contributed by atoms with Gasteiger partial charge in [-0.3, -0.25) is 4.79 Å². The molecule has 184 valence electrons. The highest BCUT2D eigenvalue weighted by Gasteiger charge is 2.12. The van der Waals surface area contributed by atoms with Gasteiger partial charge in [0, 0.05) is 6.07 Å². The lowest BCUT2D eigenvalue weighted by atomic mass is 10.1. The number of benzene rings is 2. The first-order valence-electron chi connectivity index (χ1n) is 12.7. The summed E-state index contributed by atoms with van der Waals surface area (Å²) in [5.41, 5.74) is 1.08. The zero-order valence-corrected chi connectivity index (χ0v) is 20.4. The van der Waals surface area contributed by atoms with E-state index in [4.69, 9.17) is 14.2 Å². The number of unbranched alkanes of at least 4 members (excludes halogenated alkanes) is 9. The van der Waals surface area contributed by atoms with Gasteiger partial charge in [-0.1, -0.05) is 76.9 Å². The van der Waals surface area contributed by atoms with E-state index in [0.29, 0.717) is 37.1 Å². The van der Waals surface area contributed by atoms with Gasteiger partial charge in [0.2, 0.25) is 0 Å². The molecule has 0 saturated heterocycles. The van der Waals surface area contributed by atoms with Crippen LogP contribution in [0.3, 0.4) is 0 Å². The van der Waals surface area contributed by atoms with E-state index < -0.39 is 0 Å². The lowest BCUT2D eigenvalue weighted by Gasteiger charge is -2.18. The number of ketones is 1. The number of allylic oxidation sites excluding steroid dienone is 1. The first-order valence-corrected chi connectivity index (χ1v) is 12.7.